The van der Waals surface area contributed by atoms with Gasteiger partial charge in [0.05, 0.1) is 28.7 Å². The van der Waals surface area contributed by atoms with E-state index in [1.54, 1.807) is 30.2 Å². The van der Waals surface area contributed by atoms with E-state index in [1.807, 2.05) is 37.5 Å². The van der Waals surface area contributed by atoms with Crippen molar-refractivity contribution < 1.29 is 9.59 Å². The van der Waals surface area contributed by atoms with Crippen LogP contribution in [-0.4, -0.2) is 43.4 Å². The van der Waals surface area contributed by atoms with Crippen molar-refractivity contribution in [2.45, 2.75) is 0 Å². The highest BCUT2D eigenvalue weighted by molar-refractivity contribution is 6.14. The molecule has 0 unspecified atom stereocenters. The number of carbonyl (C=O) groups excluding carboxylic acids is 2. The number of nitrogens with one attached hydrogen (secondary N) is 2. The number of nitrogens with zero attached hydrogens (tertiary/aromatic N) is 5. The smallest absolute Gasteiger partial charge is 0.273 e. The summed E-state index contributed by atoms with van der Waals surface area (Å²) in [4.78, 5) is 29.9. The maximum atomic E-state index is 13.2. The van der Waals surface area contributed by atoms with Crippen LogP contribution in [0.1, 0.15) is 20.8 Å². The molecule has 0 aliphatic rings. The minimum atomic E-state index is -0.378. The fourth-order valence-corrected chi connectivity index (χ4v) is 3.12. The third kappa shape index (κ3) is 3.45. The normalized spacial score (nSPS) is 10.9. The molecule has 9 heteroatoms. The Kier molecular flexibility index (Phi) is 4.55. The van der Waals surface area contributed by atoms with E-state index in [9.17, 15) is 9.59 Å². The van der Waals surface area contributed by atoms with Gasteiger partial charge in [-0.1, -0.05) is 18.2 Å². The lowest BCUT2D eigenvalue weighted by Crippen LogP contribution is -2.21. The van der Waals surface area contributed by atoms with E-state index in [-0.39, 0.29) is 17.5 Å². The number of benzene rings is 1. The molecule has 0 saturated carbocycles. The number of rotatable bonds is 4. The number of hydrogen-bond donors (Lipinski definition) is 2. The monoisotopic (exact) mass is 389 g/mol. The van der Waals surface area contributed by atoms with E-state index < -0.39 is 0 Å². The molecule has 3 aromatic heterocycles. The Morgan fingerprint density at radius 1 is 1.03 bits per heavy atom. The fourth-order valence-electron chi connectivity index (χ4n) is 3.12. The van der Waals surface area contributed by atoms with E-state index in [1.165, 1.54) is 11.7 Å². The molecule has 2 amide bonds. The van der Waals surface area contributed by atoms with E-state index in [0.29, 0.717) is 27.8 Å². The van der Waals surface area contributed by atoms with Crippen LogP contribution in [0.2, 0.25) is 0 Å². The van der Waals surface area contributed by atoms with E-state index in [4.69, 9.17) is 0 Å². The lowest BCUT2D eigenvalue weighted by atomic mass is 10.0. The molecule has 1 aromatic carbocycles. The highest BCUT2D eigenvalue weighted by Gasteiger charge is 2.20. The van der Waals surface area contributed by atoms with Crippen LogP contribution in [0.25, 0.3) is 22.2 Å². The molecule has 0 spiro atoms. The second-order valence-electron chi connectivity index (χ2n) is 6.57. The van der Waals surface area contributed by atoms with E-state index in [2.05, 4.69) is 25.8 Å². The molecule has 0 aliphatic carbocycles. The van der Waals surface area contributed by atoms with Crippen LogP contribution < -0.4 is 10.6 Å². The number of para-hydroxylation sites is 1. The Morgan fingerprint density at radius 3 is 2.55 bits per heavy atom. The molecule has 0 aliphatic heterocycles. The summed E-state index contributed by atoms with van der Waals surface area (Å²) in [6.45, 7) is 0. The molecule has 0 bridgehead atoms. The van der Waals surface area contributed by atoms with Crippen molar-refractivity contribution in [1.82, 2.24) is 29.9 Å². The summed E-state index contributed by atoms with van der Waals surface area (Å²) >= 11 is 0. The third-order valence-corrected chi connectivity index (χ3v) is 4.48. The lowest BCUT2D eigenvalue weighted by molar-refractivity contribution is 0.0958. The first-order valence-electron chi connectivity index (χ1n) is 8.92. The summed E-state index contributed by atoms with van der Waals surface area (Å²) < 4.78 is 3.16. The van der Waals surface area contributed by atoms with Crippen molar-refractivity contribution in [3.63, 3.8) is 0 Å². The number of amides is 2. The molecule has 9 nitrogen and oxygen atoms in total. The summed E-state index contributed by atoms with van der Waals surface area (Å²) in [5.74, 6) is -0.733. The SMILES string of the molecule is CNC(=O)c1nn(C)cc1NC(=O)c1cc(-c2cnn(C)c2)nc2ccccc12. The van der Waals surface area contributed by atoms with Crippen molar-refractivity contribution in [2.75, 3.05) is 12.4 Å². The Hall–Kier alpha value is -4.01. The zero-order valence-corrected chi connectivity index (χ0v) is 16.2. The first-order valence-corrected chi connectivity index (χ1v) is 8.92. The predicted molar refractivity (Wildman–Crippen MR) is 108 cm³/mol. The molecular formula is C20H19N7O2. The van der Waals surface area contributed by atoms with Crippen LogP contribution in [0.4, 0.5) is 5.69 Å². The second kappa shape index (κ2) is 7.19. The maximum absolute atomic E-state index is 13.2. The van der Waals surface area contributed by atoms with Crippen molar-refractivity contribution in [1.29, 1.82) is 0 Å². The van der Waals surface area contributed by atoms with Gasteiger partial charge in [-0.3, -0.25) is 19.0 Å². The van der Waals surface area contributed by atoms with Crippen molar-refractivity contribution in [2.24, 2.45) is 14.1 Å². The summed E-state index contributed by atoms with van der Waals surface area (Å²) in [5.41, 5.74) is 3.06. The molecular weight excluding hydrogens is 370 g/mol. The Morgan fingerprint density at radius 2 is 1.83 bits per heavy atom. The van der Waals surface area contributed by atoms with Gasteiger partial charge in [0.15, 0.2) is 5.69 Å². The molecule has 0 atom stereocenters. The Labute approximate surface area is 166 Å². The van der Waals surface area contributed by atoms with Gasteiger partial charge in [-0.05, 0) is 12.1 Å². The lowest BCUT2D eigenvalue weighted by Gasteiger charge is -2.10. The predicted octanol–water partition coefficient (Wildman–Crippen LogP) is 1.98. The molecule has 0 fully saturated rings. The summed E-state index contributed by atoms with van der Waals surface area (Å²) in [6.07, 6.45) is 5.13. The number of anilines is 1. The van der Waals surface area contributed by atoms with Crippen LogP contribution in [0, 0.1) is 0 Å². The topological polar surface area (TPSA) is 107 Å². The molecule has 4 aromatic rings. The van der Waals surface area contributed by atoms with Crippen LogP contribution in [0.5, 0.6) is 0 Å². The fraction of sp³-hybridized carbons (Fsp3) is 0.150. The standard InChI is InChI=1S/C20H19N7O2/c1-21-20(29)18-17(11-27(3)25-18)24-19(28)14-8-16(12-9-22-26(2)10-12)23-15-7-5-4-6-13(14)15/h4-11H,1-3H3,(H,21,29)(H,24,28). The van der Waals surface area contributed by atoms with Gasteiger partial charge < -0.3 is 10.6 Å². The van der Waals surface area contributed by atoms with Crippen molar-refractivity contribution in [3.8, 4) is 11.3 Å². The average Bonchev–Trinajstić information content (AvgIpc) is 3.31. The number of aromatic nitrogens is 5. The van der Waals surface area contributed by atoms with Crippen LogP contribution in [-0.2, 0) is 14.1 Å². The van der Waals surface area contributed by atoms with E-state index >= 15 is 0 Å². The van der Waals surface area contributed by atoms with Gasteiger partial charge in [0, 0.05) is 44.5 Å². The minimum absolute atomic E-state index is 0.147. The quantitative estimate of drug-likeness (QED) is 0.555. The summed E-state index contributed by atoms with van der Waals surface area (Å²) in [7, 11) is 5.02. The second-order valence-corrected chi connectivity index (χ2v) is 6.57. The number of pyridine rings is 1. The molecule has 4 rings (SSSR count). The first-order chi connectivity index (χ1) is 14.0. The Bertz CT molecular complexity index is 1240. The van der Waals surface area contributed by atoms with Gasteiger partial charge in [-0.15, -0.1) is 0 Å². The first kappa shape index (κ1) is 18.4. The molecule has 3 heterocycles. The third-order valence-electron chi connectivity index (χ3n) is 4.48. The van der Waals surface area contributed by atoms with Crippen LogP contribution in [0.15, 0.2) is 48.9 Å². The zero-order valence-electron chi connectivity index (χ0n) is 16.2. The molecule has 0 saturated heterocycles. The highest BCUT2D eigenvalue weighted by atomic mass is 16.2. The zero-order chi connectivity index (χ0) is 20.5. The van der Waals surface area contributed by atoms with Gasteiger partial charge in [-0.25, -0.2) is 4.98 Å². The highest BCUT2D eigenvalue weighted by Crippen LogP contribution is 2.26. The van der Waals surface area contributed by atoms with Crippen molar-refractivity contribution >= 4 is 28.4 Å². The van der Waals surface area contributed by atoms with Crippen molar-refractivity contribution in [3.05, 3.63) is 60.2 Å². The van der Waals surface area contributed by atoms with Crippen LogP contribution in [0.3, 0.4) is 0 Å². The largest absolute Gasteiger partial charge is 0.354 e. The van der Waals surface area contributed by atoms with E-state index in [0.717, 1.165) is 5.56 Å². The Balaban J connectivity index is 1.79. The number of hydrogen-bond acceptors (Lipinski definition) is 5. The molecule has 146 valence electrons. The summed E-state index contributed by atoms with van der Waals surface area (Å²) in [6, 6.07) is 9.14. The molecule has 29 heavy (non-hydrogen) atoms. The number of carbonyl (C=O) groups is 2. The minimum Gasteiger partial charge on any atom is -0.354 e. The van der Waals surface area contributed by atoms with Crippen LogP contribution >= 0.6 is 0 Å². The van der Waals surface area contributed by atoms with Gasteiger partial charge >= 0.3 is 0 Å². The van der Waals surface area contributed by atoms with Gasteiger partial charge in [-0.2, -0.15) is 10.2 Å². The summed E-state index contributed by atoms with van der Waals surface area (Å²) in [5, 5.41) is 14.3. The molecule has 0 radical (unpaired) electrons. The van der Waals surface area contributed by atoms with Gasteiger partial charge in [0.2, 0.25) is 0 Å². The number of fused-ring (bicyclic) bond motifs is 1. The van der Waals surface area contributed by atoms with Gasteiger partial charge in [0.1, 0.15) is 0 Å². The average molecular weight is 389 g/mol. The van der Waals surface area contributed by atoms with Gasteiger partial charge in [0.25, 0.3) is 11.8 Å². The molecule has 2 N–H and O–H groups in total. The number of aryl methyl sites for hydroxylation is 2. The maximum Gasteiger partial charge on any atom is 0.273 e.